The highest BCUT2D eigenvalue weighted by Gasteiger charge is 2.31. The number of halogens is 1. The molecule has 30 heavy (non-hydrogen) atoms. The second-order valence-corrected chi connectivity index (χ2v) is 10.4. The number of hydrogen-bond acceptors (Lipinski definition) is 4. The Labute approximate surface area is 182 Å². The van der Waals surface area contributed by atoms with Crippen LogP contribution in [0.5, 0.6) is 0 Å². The smallest absolute Gasteiger partial charge is 0.270 e. The van der Waals surface area contributed by atoms with Gasteiger partial charge in [-0.2, -0.15) is 4.31 Å². The normalized spacial score (nSPS) is 18.2. The standard InChI is InChI=1S/C21H27ClN4O3S/c1-16-5-6-17(22)13-19(16)24-9-11-25(12-10-24)21(27)20-14-18(15-23(20)2)30(28,29)26-7-3-4-8-26/h5-6,13-15H,3-4,7-12H2,1-2H3. The summed E-state index contributed by atoms with van der Waals surface area (Å²) < 4.78 is 28.8. The number of piperazine rings is 1. The Hall–Kier alpha value is -2.03. The summed E-state index contributed by atoms with van der Waals surface area (Å²) >= 11 is 6.15. The van der Waals surface area contributed by atoms with Crippen molar-refractivity contribution >= 4 is 33.2 Å². The predicted molar refractivity (Wildman–Crippen MR) is 118 cm³/mol. The molecule has 0 saturated carbocycles. The van der Waals surface area contributed by atoms with Crippen LogP contribution in [-0.4, -0.2) is 67.4 Å². The topological polar surface area (TPSA) is 65.9 Å². The van der Waals surface area contributed by atoms with E-state index >= 15 is 0 Å². The zero-order valence-electron chi connectivity index (χ0n) is 17.3. The van der Waals surface area contributed by atoms with Crippen molar-refractivity contribution in [2.24, 2.45) is 7.05 Å². The van der Waals surface area contributed by atoms with Crippen molar-refractivity contribution in [3.63, 3.8) is 0 Å². The van der Waals surface area contributed by atoms with E-state index in [1.54, 1.807) is 22.7 Å². The average Bonchev–Trinajstić information content (AvgIpc) is 3.40. The van der Waals surface area contributed by atoms with Crippen LogP contribution in [0.1, 0.15) is 28.9 Å². The number of amides is 1. The number of hydrogen-bond donors (Lipinski definition) is 0. The second kappa shape index (κ2) is 8.24. The molecule has 2 fully saturated rings. The van der Waals surface area contributed by atoms with Crippen LogP contribution >= 0.6 is 11.6 Å². The Morgan fingerprint density at radius 2 is 1.67 bits per heavy atom. The first kappa shape index (κ1) is 21.2. The van der Waals surface area contributed by atoms with Gasteiger partial charge in [0.2, 0.25) is 10.0 Å². The molecule has 3 heterocycles. The van der Waals surface area contributed by atoms with Crippen LogP contribution in [0.4, 0.5) is 5.69 Å². The third-order valence-corrected chi connectivity index (χ3v) is 8.08. The maximum absolute atomic E-state index is 13.1. The lowest BCUT2D eigenvalue weighted by atomic mass is 10.1. The molecule has 7 nitrogen and oxygen atoms in total. The molecule has 1 aromatic carbocycles. The fourth-order valence-electron chi connectivity index (χ4n) is 4.20. The van der Waals surface area contributed by atoms with E-state index in [4.69, 9.17) is 11.6 Å². The molecule has 2 aliphatic heterocycles. The highest BCUT2D eigenvalue weighted by atomic mass is 35.5. The highest BCUT2D eigenvalue weighted by Crippen LogP contribution is 2.26. The molecule has 0 aliphatic carbocycles. The number of nitrogens with zero attached hydrogens (tertiary/aromatic N) is 4. The van der Waals surface area contributed by atoms with Crippen molar-refractivity contribution in [2.75, 3.05) is 44.2 Å². The van der Waals surface area contributed by atoms with Crippen LogP contribution < -0.4 is 4.90 Å². The molecule has 2 aromatic rings. The minimum atomic E-state index is -3.54. The predicted octanol–water partition coefficient (Wildman–Crippen LogP) is 2.73. The summed E-state index contributed by atoms with van der Waals surface area (Å²) in [6.45, 7) is 5.70. The van der Waals surface area contributed by atoms with Gasteiger partial charge in [-0.1, -0.05) is 17.7 Å². The molecule has 0 N–H and O–H groups in total. The molecular weight excluding hydrogens is 424 g/mol. The van der Waals surface area contributed by atoms with Gasteiger partial charge >= 0.3 is 0 Å². The van der Waals surface area contributed by atoms with E-state index in [-0.39, 0.29) is 10.8 Å². The zero-order chi connectivity index (χ0) is 21.5. The molecule has 4 rings (SSSR count). The van der Waals surface area contributed by atoms with Gasteiger partial charge in [0.1, 0.15) is 10.6 Å². The molecule has 0 radical (unpaired) electrons. The molecule has 0 unspecified atom stereocenters. The Morgan fingerprint density at radius 3 is 2.33 bits per heavy atom. The summed E-state index contributed by atoms with van der Waals surface area (Å²) in [5, 5.41) is 0.699. The third-order valence-electron chi connectivity index (χ3n) is 5.98. The summed E-state index contributed by atoms with van der Waals surface area (Å²) in [6.07, 6.45) is 3.31. The van der Waals surface area contributed by atoms with E-state index in [0.29, 0.717) is 50.0 Å². The SMILES string of the molecule is Cc1ccc(Cl)cc1N1CCN(C(=O)c2cc(S(=O)(=O)N3CCCC3)cn2C)CC1. The fourth-order valence-corrected chi connectivity index (χ4v) is 5.96. The molecule has 0 spiro atoms. The van der Waals surface area contributed by atoms with Gasteiger partial charge in [0.25, 0.3) is 5.91 Å². The van der Waals surface area contributed by atoms with Crippen LogP contribution in [0.25, 0.3) is 0 Å². The van der Waals surface area contributed by atoms with Crippen molar-refractivity contribution in [1.82, 2.24) is 13.8 Å². The zero-order valence-corrected chi connectivity index (χ0v) is 18.9. The van der Waals surface area contributed by atoms with Crippen LogP contribution in [-0.2, 0) is 17.1 Å². The van der Waals surface area contributed by atoms with Crippen molar-refractivity contribution in [1.29, 1.82) is 0 Å². The monoisotopic (exact) mass is 450 g/mol. The third kappa shape index (κ3) is 3.96. The summed E-state index contributed by atoms with van der Waals surface area (Å²) in [4.78, 5) is 17.3. The fraction of sp³-hybridized carbons (Fsp3) is 0.476. The number of sulfonamides is 1. The van der Waals surface area contributed by atoms with E-state index in [1.165, 1.54) is 10.4 Å². The number of aryl methyl sites for hydroxylation is 2. The van der Waals surface area contributed by atoms with Gasteiger partial charge in [0.05, 0.1) is 0 Å². The molecular formula is C21H27ClN4O3S. The van der Waals surface area contributed by atoms with Crippen molar-refractivity contribution in [2.45, 2.75) is 24.7 Å². The Kier molecular flexibility index (Phi) is 5.83. The van der Waals surface area contributed by atoms with Crippen LogP contribution in [0.15, 0.2) is 35.4 Å². The molecule has 2 saturated heterocycles. The minimum Gasteiger partial charge on any atom is -0.368 e. The second-order valence-electron chi connectivity index (χ2n) is 7.99. The van der Waals surface area contributed by atoms with E-state index in [1.807, 2.05) is 18.2 Å². The van der Waals surface area contributed by atoms with Gasteiger partial charge < -0.3 is 14.4 Å². The van der Waals surface area contributed by atoms with Gasteiger partial charge in [-0.25, -0.2) is 8.42 Å². The first-order chi connectivity index (χ1) is 14.3. The lowest BCUT2D eigenvalue weighted by Gasteiger charge is -2.36. The molecule has 9 heteroatoms. The summed E-state index contributed by atoms with van der Waals surface area (Å²) in [7, 11) is -1.81. The maximum atomic E-state index is 13.1. The van der Waals surface area contributed by atoms with Gasteiger partial charge in [-0.15, -0.1) is 0 Å². The minimum absolute atomic E-state index is 0.136. The van der Waals surface area contributed by atoms with Crippen LogP contribution in [0.3, 0.4) is 0 Å². The van der Waals surface area contributed by atoms with Crippen molar-refractivity contribution in [3.05, 3.63) is 46.7 Å². The van der Waals surface area contributed by atoms with E-state index < -0.39 is 10.0 Å². The van der Waals surface area contributed by atoms with Crippen LogP contribution in [0, 0.1) is 6.92 Å². The number of benzene rings is 1. The molecule has 1 aromatic heterocycles. The van der Waals surface area contributed by atoms with Crippen molar-refractivity contribution in [3.8, 4) is 0 Å². The Balaban J connectivity index is 1.47. The molecule has 0 bridgehead atoms. The first-order valence-electron chi connectivity index (χ1n) is 10.2. The van der Waals surface area contributed by atoms with E-state index in [9.17, 15) is 13.2 Å². The molecule has 2 aliphatic rings. The maximum Gasteiger partial charge on any atom is 0.270 e. The summed E-state index contributed by atoms with van der Waals surface area (Å²) in [5.74, 6) is -0.136. The first-order valence-corrected chi connectivity index (χ1v) is 12.1. The lowest BCUT2D eigenvalue weighted by Crippen LogP contribution is -2.49. The van der Waals surface area contributed by atoms with Gasteiger partial charge in [-0.05, 0) is 43.5 Å². The number of carbonyl (C=O) groups excluding carboxylic acids is 1. The summed E-state index contributed by atoms with van der Waals surface area (Å²) in [6, 6.07) is 7.36. The van der Waals surface area contributed by atoms with Crippen molar-refractivity contribution < 1.29 is 13.2 Å². The molecule has 1 amide bonds. The van der Waals surface area contributed by atoms with Gasteiger partial charge in [0, 0.05) is 63.2 Å². The number of rotatable bonds is 4. The summed E-state index contributed by atoms with van der Waals surface area (Å²) in [5.41, 5.74) is 2.64. The number of aromatic nitrogens is 1. The average molecular weight is 451 g/mol. The Morgan fingerprint density at radius 1 is 1.00 bits per heavy atom. The van der Waals surface area contributed by atoms with E-state index in [2.05, 4.69) is 11.8 Å². The van der Waals surface area contributed by atoms with E-state index in [0.717, 1.165) is 24.1 Å². The van der Waals surface area contributed by atoms with Gasteiger partial charge in [0.15, 0.2) is 0 Å². The molecule has 0 atom stereocenters. The quantitative estimate of drug-likeness (QED) is 0.718. The largest absolute Gasteiger partial charge is 0.368 e. The molecule has 162 valence electrons. The van der Waals surface area contributed by atoms with Crippen LogP contribution in [0.2, 0.25) is 5.02 Å². The lowest BCUT2D eigenvalue weighted by molar-refractivity contribution is 0.0737. The number of anilines is 1. The Bertz CT molecular complexity index is 1050. The van der Waals surface area contributed by atoms with Gasteiger partial charge in [-0.3, -0.25) is 4.79 Å². The highest BCUT2D eigenvalue weighted by molar-refractivity contribution is 7.89. The number of carbonyl (C=O) groups is 1.